The molecule has 1 atom stereocenters. The lowest BCUT2D eigenvalue weighted by atomic mass is 10.1. The van der Waals surface area contributed by atoms with E-state index in [0.29, 0.717) is 30.0 Å². The molecular formula is C20H19N3O3. The molecule has 0 radical (unpaired) electrons. The second kappa shape index (κ2) is 6.63. The standard InChI is InChI=1S/C20H19N3O3/c1-12-13(2)23-17-9-14(7-8-16(17)22-12)20(24)21-10-15-11-25-18-5-3-4-6-19(18)26-15/h3-9,15H,10-11H2,1-2H3,(H,21,24)/t15-/m1/s1. The summed E-state index contributed by atoms with van der Waals surface area (Å²) in [5.74, 6) is 1.26. The normalized spacial score (nSPS) is 15.7. The van der Waals surface area contributed by atoms with Gasteiger partial charge in [-0.15, -0.1) is 0 Å². The Hall–Kier alpha value is -3.15. The quantitative estimate of drug-likeness (QED) is 0.787. The van der Waals surface area contributed by atoms with Gasteiger partial charge in [0.05, 0.1) is 29.0 Å². The van der Waals surface area contributed by atoms with Crippen LogP contribution in [0.1, 0.15) is 21.7 Å². The van der Waals surface area contributed by atoms with Crippen molar-refractivity contribution in [2.45, 2.75) is 20.0 Å². The molecule has 6 heteroatoms. The lowest BCUT2D eigenvalue weighted by Gasteiger charge is -2.26. The minimum Gasteiger partial charge on any atom is -0.486 e. The Labute approximate surface area is 151 Å². The number of nitrogens with one attached hydrogen (secondary N) is 1. The predicted molar refractivity (Wildman–Crippen MR) is 97.7 cm³/mol. The molecule has 1 N–H and O–H groups in total. The van der Waals surface area contributed by atoms with Crippen LogP contribution in [-0.2, 0) is 0 Å². The molecule has 2 heterocycles. The molecule has 0 unspecified atom stereocenters. The number of fused-ring (bicyclic) bond motifs is 2. The fraction of sp³-hybridized carbons (Fsp3) is 0.250. The monoisotopic (exact) mass is 349 g/mol. The summed E-state index contributed by atoms with van der Waals surface area (Å²) in [5.41, 5.74) is 3.80. The smallest absolute Gasteiger partial charge is 0.251 e. The van der Waals surface area contributed by atoms with Gasteiger partial charge >= 0.3 is 0 Å². The van der Waals surface area contributed by atoms with Crippen LogP contribution in [0.25, 0.3) is 11.0 Å². The van der Waals surface area contributed by atoms with Gasteiger partial charge in [-0.25, -0.2) is 9.97 Å². The van der Waals surface area contributed by atoms with Crippen LogP contribution in [0, 0.1) is 13.8 Å². The largest absolute Gasteiger partial charge is 0.486 e. The number of carbonyl (C=O) groups is 1. The van der Waals surface area contributed by atoms with Crippen molar-refractivity contribution < 1.29 is 14.3 Å². The molecule has 1 aliphatic heterocycles. The van der Waals surface area contributed by atoms with Crippen molar-refractivity contribution >= 4 is 16.9 Å². The number of carbonyl (C=O) groups excluding carboxylic acids is 1. The molecule has 4 rings (SSSR count). The zero-order valence-electron chi connectivity index (χ0n) is 14.7. The summed E-state index contributed by atoms with van der Waals surface area (Å²) in [6.07, 6.45) is -0.223. The summed E-state index contributed by atoms with van der Waals surface area (Å²) < 4.78 is 11.5. The van der Waals surface area contributed by atoms with Crippen LogP contribution in [0.15, 0.2) is 42.5 Å². The highest BCUT2D eigenvalue weighted by Crippen LogP contribution is 2.30. The topological polar surface area (TPSA) is 73.3 Å². The molecule has 1 aromatic heterocycles. The maximum Gasteiger partial charge on any atom is 0.251 e. The number of rotatable bonds is 3. The molecule has 1 amide bonds. The second-order valence-electron chi connectivity index (χ2n) is 6.31. The molecule has 6 nitrogen and oxygen atoms in total. The van der Waals surface area contributed by atoms with E-state index in [1.54, 1.807) is 12.1 Å². The van der Waals surface area contributed by atoms with E-state index in [1.807, 2.05) is 44.2 Å². The highest BCUT2D eigenvalue weighted by molar-refractivity contribution is 5.97. The van der Waals surface area contributed by atoms with Crippen LogP contribution < -0.4 is 14.8 Å². The summed E-state index contributed by atoms with van der Waals surface area (Å²) in [6.45, 7) is 4.60. The number of amides is 1. The number of para-hydroxylation sites is 2. The fourth-order valence-corrected chi connectivity index (χ4v) is 2.84. The maximum absolute atomic E-state index is 12.5. The third-order valence-corrected chi connectivity index (χ3v) is 4.40. The number of hydrogen-bond donors (Lipinski definition) is 1. The van der Waals surface area contributed by atoms with Crippen LogP contribution in [0.5, 0.6) is 11.5 Å². The number of nitrogens with zero attached hydrogens (tertiary/aromatic N) is 2. The summed E-state index contributed by atoms with van der Waals surface area (Å²) in [4.78, 5) is 21.5. The molecule has 0 bridgehead atoms. The first-order chi connectivity index (χ1) is 12.6. The molecular weight excluding hydrogens is 330 g/mol. The summed E-state index contributed by atoms with van der Waals surface area (Å²) in [6, 6.07) is 12.9. The number of aryl methyl sites for hydroxylation is 2. The van der Waals surface area contributed by atoms with Crippen molar-refractivity contribution in [2.75, 3.05) is 13.2 Å². The van der Waals surface area contributed by atoms with Crippen molar-refractivity contribution in [3.63, 3.8) is 0 Å². The first kappa shape index (κ1) is 16.3. The molecule has 0 aliphatic carbocycles. The van der Waals surface area contributed by atoms with E-state index in [1.165, 1.54) is 0 Å². The molecule has 0 saturated heterocycles. The highest BCUT2D eigenvalue weighted by Gasteiger charge is 2.21. The molecule has 26 heavy (non-hydrogen) atoms. The van der Waals surface area contributed by atoms with Gasteiger partial charge in [0.25, 0.3) is 5.91 Å². The molecule has 132 valence electrons. The van der Waals surface area contributed by atoms with E-state index < -0.39 is 0 Å². The van der Waals surface area contributed by atoms with E-state index in [2.05, 4.69) is 15.3 Å². The van der Waals surface area contributed by atoms with Crippen molar-refractivity contribution in [3.8, 4) is 11.5 Å². The number of benzene rings is 2. The van der Waals surface area contributed by atoms with Crippen LogP contribution in [0.3, 0.4) is 0 Å². The van der Waals surface area contributed by atoms with Crippen LogP contribution >= 0.6 is 0 Å². The number of hydrogen-bond acceptors (Lipinski definition) is 5. The third kappa shape index (κ3) is 3.18. The van der Waals surface area contributed by atoms with Gasteiger partial charge < -0.3 is 14.8 Å². The minimum atomic E-state index is -0.223. The first-order valence-corrected chi connectivity index (χ1v) is 8.52. The average Bonchev–Trinajstić information content (AvgIpc) is 2.66. The Bertz CT molecular complexity index is 987. The van der Waals surface area contributed by atoms with Crippen LogP contribution in [-0.4, -0.2) is 35.1 Å². The Balaban J connectivity index is 1.44. The van der Waals surface area contributed by atoms with E-state index in [-0.39, 0.29) is 12.0 Å². The van der Waals surface area contributed by atoms with Crippen LogP contribution in [0.2, 0.25) is 0 Å². The lowest BCUT2D eigenvalue weighted by molar-refractivity contribution is 0.0789. The van der Waals surface area contributed by atoms with Crippen molar-refractivity contribution in [1.82, 2.24) is 15.3 Å². The minimum absolute atomic E-state index is 0.172. The predicted octanol–water partition coefficient (Wildman–Crippen LogP) is 2.82. The average molecular weight is 349 g/mol. The Morgan fingerprint density at radius 3 is 2.62 bits per heavy atom. The van der Waals surface area contributed by atoms with Gasteiger partial charge in [-0.1, -0.05) is 12.1 Å². The first-order valence-electron chi connectivity index (χ1n) is 8.52. The van der Waals surface area contributed by atoms with Crippen molar-refractivity contribution in [3.05, 3.63) is 59.4 Å². The third-order valence-electron chi connectivity index (χ3n) is 4.40. The molecule has 0 spiro atoms. The zero-order valence-corrected chi connectivity index (χ0v) is 14.7. The van der Waals surface area contributed by atoms with Gasteiger partial charge in [0.15, 0.2) is 11.5 Å². The fourth-order valence-electron chi connectivity index (χ4n) is 2.84. The Kier molecular flexibility index (Phi) is 4.16. The van der Waals surface area contributed by atoms with Crippen LogP contribution in [0.4, 0.5) is 0 Å². The molecule has 2 aromatic carbocycles. The molecule has 3 aromatic rings. The van der Waals surface area contributed by atoms with E-state index in [0.717, 1.165) is 22.7 Å². The molecule has 1 aliphatic rings. The van der Waals surface area contributed by atoms with Crippen molar-refractivity contribution in [1.29, 1.82) is 0 Å². The van der Waals surface area contributed by atoms with Gasteiger partial charge in [0.2, 0.25) is 0 Å². The van der Waals surface area contributed by atoms with Gasteiger partial charge in [-0.05, 0) is 44.2 Å². The summed E-state index contributed by atoms with van der Waals surface area (Å²) in [5, 5.41) is 2.90. The van der Waals surface area contributed by atoms with Gasteiger partial charge in [0, 0.05) is 5.56 Å². The Morgan fingerprint density at radius 2 is 1.81 bits per heavy atom. The summed E-state index contributed by atoms with van der Waals surface area (Å²) in [7, 11) is 0. The Morgan fingerprint density at radius 1 is 1.08 bits per heavy atom. The molecule has 0 fully saturated rings. The molecule has 0 saturated carbocycles. The van der Waals surface area contributed by atoms with Gasteiger partial charge in [-0.3, -0.25) is 4.79 Å². The lowest BCUT2D eigenvalue weighted by Crippen LogP contribution is -2.40. The number of aromatic nitrogens is 2. The van der Waals surface area contributed by atoms with E-state index >= 15 is 0 Å². The van der Waals surface area contributed by atoms with E-state index in [4.69, 9.17) is 9.47 Å². The SMILES string of the molecule is Cc1nc2ccc(C(=O)NC[C@@H]3COc4ccccc4O3)cc2nc1C. The van der Waals surface area contributed by atoms with Crippen molar-refractivity contribution in [2.24, 2.45) is 0 Å². The second-order valence-corrected chi connectivity index (χ2v) is 6.31. The highest BCUT2D eigenvalue weighted by atomic mass is 16.6. The number of ether oxygens (including phenoxy) is 2. The zero-order chi connectivity index (χ0) is 18.1. The van der Waals surface area contributed by atoms with Gasteiger partial charge in [-0.2, -0.15) is 0 Å². The van der Waals surface area contributed by atoms with Gasteiger partial charge in [0.1, 0.15) is 12.7 Å². The summed E-state index contributed by atoms with van der Waals surface area (Å²) >= 11 is 0. The van der Waals surface area contributed by atoms with E-state index in [9.17, 15) is 4.79 Å². The maximum atomic E-state index is 12.5.